The normalized spacial score (nSPS) is 17.3. The molecule has 3 aromatic carbocycles. The molecule has 2 amide bonds. The summed E-state index contributed by atoms with van der Waals surface area (Å²) in [7, 11) is 1.64. The fourth-order valence-corrected chi connectivity index (χ4v) is 5.17. The van der Waals surface area contributed by atoms with Crippen LogP contribution in [0.1, 0.15) is 40.7 Å². The summed E-state index contributed by atoms with van der Waals surface area (Å²) in [6.45, 7) is 0.657. The number of ether oxygens (including phenoxy) is 1. The Morgan fingerprint density at radius 2 is 1.88 bits per heavy atom. The summed E-state index contributed by atoms with van der Waals surface area (Å²) in [5.74, 6) is 0.395. The van der Waals surface area contributed by atoms with Crippen molar-refractivity contribution in [3.05, 3.63) is 83.4 Å². The van der Waals surface area contributed by atoms with Crippen molar-refractivity contribution < 1.29 is 14.3 Å². The summed E-state index contributed by atoms with van der Waals surface area (Å²) in [6, 6.07) is 21.0. The molecule has 2 N–H and O–H groups in total. The maximum Gasteiger partial charge on any atom is 0.252 e. The summed E-state index contributed by atoms with van der Waals surface area (Å²) < 4.78 is 5.31. The third-order valence-corrected chi connectivity index (χ3v) is 7.16. The van der Waals surface area contributed by atoms with E-state index in [9.17, 15) is 9.59 Å². The molecule has 5 rings (SSSR count). The number of carbonyl (C=O) groups excluding carboxylic acids is 2. The van der Waals surface area contributed by atoms with Gasteiger partial charge in [0.15, 0.2) is 0 Å². The molecule has 2 heterocycles. The van der Waals surface area contributed by atoms with Gasteiger partial charge in [0.05, 0.1) is 18.5 Å². The van der Waals surface area contributed by atoms with Gasteiger partial charge in [0, 0.05) is 33.0 Å². The smallest absolute Gasteiger partial charge is 0.252 e. The van der Waals surface area contributed by atoms with Crippen molar-refractivity contribution in [2.45, 2.75) is 35.1 Å². The van der Waals surface area contributed by atoms with Crippen LogP contribution in [0.5, 0.6) is 5.75 Å². The Morgan fingerprint density at radius 3 is 2.71 bits per heavy atom. The predicted octanol–water partition coefficient (Wildman–Crippen LogP) is 4.73. The minimum Gasteiger partial charge on any atom is -0.497 e. The van der Waals surface area contributed by atoms with Crippen LogP contribution >= 0.6 is 11.8 Å². The number of benzene rings is 3. The molecular formula is C27H25N3O3S. The van der Waals surface area contributed by atoms with E-state index in [0.29, 0.717) is 18.5 Å². The van der Waals surface area contributed by atoms with Crippen LogP contribution in [-0.4, -0.2) is 37.2 Å². The molecule has 1 atom stereocenters. The zero-order valence-electron chi connectivity index (χ0n) is 18.8. The third-order valence-electron chi connectivity index (χ3n) is 6.02. The van der Waals surface area contributed by atoms with E-state index in [2.05, 4.69) is 22.8 Å². The molecule has 0 aliphatic carbocycles. The Morgan fingerprint density at radius 1 is 1.06 bits per heavy atom. The lowest BCUT2D eigenvalue weighted by Gasteiger charge is -2.15. The number of methoxy groups -OCH3 is 1. The first-order chi connectivity index (χ1) is 16.6. The maximum absolute atomic E-state index is 13.0. The number of aliphatic imine (C=N–C) groups is 1. The first-order valence-corrected chi connectivity index (χ1v) is 12.2. The molecule has 34 heavy (non-hydrogen) atoms. The van der Waals surface area contributed by atoms with Gasteiger partial charge in [-0.05, 0) is 67.8 Å². The zero-order chi connectivity index (χ0) is 23.5. The second-order valence-corrected chi connectivity index (χ2v) is 9.37. The Hall–Kier alpha value is -3.58. The third kappa shape index (κ3) is 4.56. The molecule has 7 heteroatoms. The van der Waals surface area contributed by atoms with Crippen LogP contribution in [-0.2, 0) is 4.79 Å². The molecule has 0 radical (unpaired) electrons. The number of carbonyl (C=O) groups is 2. The molecular weight excluding hydrogens is 446 g/mol. The van der Waals surface area contributed by atoms with Gasteiger partial charge in [-0.1, -0.05) is 30.0 Å². The van der Waals surface area contributed by atoms with Crippen molar-refractivity contribution in [1.82, 2.24) is 10.6 Å². The van der Waals surface area contributed by atoms with Crippen molar-refractivity contribution >= 4 is 35.0 Å². The number of nitrogens with zero attached hydrogens (tertiary/aromatic N) is 1. The van der Waals surface area contributed by atoms with Crippen molar-refractivity contribution in [2.75, 3.05) is 13.7 Å². The summed E-state index contributed by atoms with van der Waals surface area (Å²) in [4.78, 5) is 32.4. The van der Waals surface area contributed by atoms with Crippen LogP contribution in [0.4, 0.5) is 5.69 Å². The molecule has 0 aromatic heterocycles. The highest BCUT2D eigenvalue weighted by Crippen LogP contribution is 2.41. The average molecular weight is 472 g/mol. The largest absolute Gasteiger partial charge is 0.497 e. The molecule has 0 spiro atoms. The standard InChI is InChI=1S/C27H25N3O3S/c1-33-19-12-9-17(10-13-19)25-20-6-2-3-8-23(20)34-24-14-11-18(16-22(24)29-25)26(31)30-21-7-4-5-15-28-27(21)32/h2-3,6,8-14,16,21H,4-5,7,15H2,1H3,(H,28,32)(H,30,31). The molecule has 172 valence electrons. The highest BCUT2D eigenvalue weighted by molar-refractivity contribution is 7.99. The van der Waals surface area contributed by atoms with Crippen molar-refractivity contribution in [3.63, 3.8) is 0 Å². The molecule has 1 unspecified atom stereocenters. The zero-order valence-corrected chi connectivity index (χ0v) is 19.7. The lowest BCUT2D eigenvalue weighted by molar-refractivity contribution is -0.122. The molecule has 6 nitrogen and oxygen atoms in total. The minimum atomic E-state index is -0.509. The fraction of sp³-hybridized carbons (Fsp3) is 0.222. The van der Waals surface area contributed by atoms with Crippen LogP contribution in [0.15, 0.2) is 81.5 Å². The van der Waals surface area contributed by atoms with Gasteiger partial charge in [-0.25, -0.2) is 4.99 Å². The second-order valence-electron chi connectivity index (χ2n) is 8.28. The Bertz CT molecular complexity index is 1270. The van der Waals surface area contributed by atoms with Crippen molar-refractivity contribution in [3.8, 4) is 5.75 Å². The first kappa shape index (κ1) is 22.2. The average Bonchev–Trinajstić information content (AvgIpc) is 3.17. The monoisotopic (exact) mass is 471 g/mol. The number of amides is 2. The Labute approximate surface area is 202 Å². The second kappa shape index (κ2) is 9.73. The number of fused-ring (bicyclic) bond motifs is 2. The van der Waals surface area contributed by atoms with Gasteiger partial charge in [-0.3, -0.25) is 9.59 Å². The summed E-state index contributed by atoms with van der Waals surface area (Å²) >= 11 is 1.63. The van der Waals surface area contributed by atoms with Gasteiger partial charge in [-0.2, -0.15) is 0 Å². The van der Waals surface area contributed by atoms with E-state index in [4.69, 9.17) is 9.73 Å². The number of rotatable bonds is 4. The quantitative estimate of drug-likeness (QED) is 0.451. The molecule has 1 fully saturated rings. The van der Waals surface area contributed by atoms with Gasteiger partial charge in [-0.15, -0.1) is 0 Å². The molecule has 1 saturated heterocycles. The number of hydrogen-bond donors (Lipinski definition) is 2. The Balaban J connectivity index is 1.51. The van der Waals surface area contributed by atoms with E-state index in [0.717, 1.165) is 50.9 Å². The van der Waals surface area contributed by atoms with Crippen LogP contribution in [0.3, 0.4) is 0 Å². The minimum absolute atomic E-state index is 0.119. The van der Waals surface area contributed by atoms with E-state index in [-0.39, 0.29) is 11.8 Å². The lowest BCUT2D eigenvalue weighted by atomic mass is 10.0. The SMILES string of the molecule is COc1ccc(C2=Nc3cc(C(=O)NC4CCCCNC4=O)ccc3Sc3ccccc32)cc1. The highest BCUT2D eigenvalue weighted by atomic mass is 32.2. The summed E-state index contributed by atoms with van der Waals surface area (Å²) in [5, 5.41) is 5.76. The molecule has 0 saturated carbocycles. The van der Waals surface area contributed by atoms with Gasteiger partial charge in [0.25, 0.3) is 5.91 Å². The fourth-order valence-electron chi connectivity index (χ4n) is 4.17. The van der Waals surface area contributed by atoms with Gasteiger partial charge in [0.1, 0.15) is 11.8 Å². The first-order valence-electron chi connectivity index (χ1n) is 11.4. The van der Waals surface area contributed by atoms with Gasteiger partial charge < -0.3 is 15.4 Å². The molecule has 0 bridgehead atoms. The van der Waals surface area contributed by atoms with Gasteiger partial charge >= 0.3 is 0 Å². The highest BCUT2D eigenvalue weighted by Gasteiger charge is 2.24. The van der Waals surface area contributed by atoms with Crippen LogP contribution in [0, 0.1) is 0 Å². The van der Waals surface area contributed by atoms with Crippen LogP contribution in [0.25, 0.3) is 0 Å². The summed E-state index contributed by atoms with van der Waals surface area (Å²) in [5.41, 5.74) is 4.05. The molecule has 2 aliphatic rings. The molecule has 2 aliphatic heterocycles. The van der Waals surface area contributed by atoms with Gasteiger partial charge in [0.2, 0.25) is 5.91 Å². The lowest BCUT2D eigenvalue weighted by Crippen LogP contribution is -2.45. The van der Waals surface area contributed by atoms with E-state index in [1.807, 2.05) is 48.5 Å². The molecule has 3 aromatic rings. The number of nitrogens with one attached hydrogen (secondary N) is 2. The van der Waals surface area contributed by atoms with E-state index >= 15 is 0 Å². The summed E-state index contributed by atoms with van der Waals surface area (Å²) in [6.07, 6.45) is 2.48. The maximum atomic E-state index is 13.0. The van der Waals surface area contributed by atoms with Crippen molar-refractivity contribution in [1.29, 1.82) is 0 Å². The van der Waals surface area contributed by atoms with Crippen LogP contribution in [0.2, 0.25) is 0 Å². The topological polar surface area (TPSA) is 79.8 Å². The predicted molar refractivity (Wildman–Crippen MR) is 133 cm³/mol. The van der Waals surface area contributed by atoms with E-state index < -0.39 is 6.04 Å². The van der Waals surface area contributed by atoms with Crippen molar-refractivity contribution in [2.24, 2.45) is 4.99 Å². The number of hydrogen-bond acceptors (Lipinski definition) is 5. The van der Waals surface area contributed by atoms with E-state index in [1.54, 1.807) is 24.9 Å². The van der Waals surface area contributed by atoms with E-state index in [1.165, 1.54) is 0 Å². The van der Waals surface area contributed by atoms with Crippen LogP contribution < -0.4 is 15.4 Å². The Kier molecular flexibility index (Phi) is 6.36.